The van der Waals surface area contributed by atoms with Crippen LogP contribution < -0.4 is 5.56 Å². The standard InChI is InChI=1S/C9H9ClN2O3/c1-6-7(3-2-4-10)5-11-9(13)8(6)12(14)15/h2-3,5H,4H2,1H3,(H,11,13). The van der Waals surface area contributed by atoms with Crippen molar-refractivity contribution in [2.75, 3.05) is 5.88 Å². The van der Waals surface area contributed by atoms with Crippen molar-refractivity contribution in [1.29, 1.82) is 0 Å². The van der Waals surface area contributed by atoms with Crippen molar-refractivity contribution < 1.29 is 4.92 Å². The number of allylic oxidation sites excluding steroid dienone is 1. The first-order valence-electron chi connectivity index (χ1n) is 4.17. The van der Waals surface area contributed by atoms with E-state index in [1.54, 1.807) is 12.2 Å². The van der Waals surface area contributed by atoms with E-state index >= 15 is 0 Å². The van der Waals surface area contributed by atoms with E-state index in [-0.39, 0.29) is 0 Å². The van der Waals surface area contributed by atoms with Crippen molar-refractivity contribution in [2.24, 2.45) is 0 Å². The molecule has 0 aliphatic rings. The van der Waals surface area contributed by atoms with E-state index in [0.29, 0.717) is 17.0 Å². The number of hydrogen-bond donors (Lipinski definition) is 1. The van der Waals surface area contributed by atoms with Gasteiger partial charge in [-0.25, -0.2) is 0 Å². The lowest BCUT2D eigenvalue weighted by atomic mass is 10.1. The minimum Gasteiger partial charge on any atom is -0.323 e. The Morgan fingerprint density at radius 3 is 2.87 bits per heavy atom. The predicted molar refractivity (Wildman–Crippen MR) is 58.2 cm³/mol. The monoisotopic (exact) mass is 228 g/mol. The maximum absolute atomic E-state index is 11.2. The van der Waals surface area contributed by atoms with Crippen LogP contribution in [-0.4, -0.2) is 15.8 Å². The Labute approximate surface area is 90.5 Å². The van der Waals surface area contributed by atoms with E-state index in [1.165, 1.54) is 13.1 Å². The summed E-state index contributed by atoms with van der Waals surface area (Å²) < 4.78 is 0. The lowest BCUT2D eigenvalue weighted by Gasteiger charge is -1.99. The van der Waals surface area contributed by atoms with Gasteiger partial charge in [0.25, 0.3) is 0 Å². The van der Waals surface area contributed by atoms with E-state index in [1.807, 2.05) is 0 Å². The third-order valence-corrected chi connectivity index (χ3v) is 2.11. The number of aromatic amines is 1. The fourth-order valence-corrected chi connectivity index (χ4v) is 1.28. The SMILES string of the molecule is Cc1c(C=CCCl)c[nH]c(=O)c1[N+](=O)[O-]. The van der Waals surface area contributed by atoms with Crippen LogP contribution in [0.1, 0.15) is 11.1 Å². The molecule has 5 nitrogen and oxygen atoms in total. The number of nitrogens with zero attached hydrogens (tertiary/aromatic N) is 1. The van der Waals surface area contributed by atoms with E-state index < -0.39 is 16.2 Å². The molecule has 0 saturated carbocycles. The van der Waals surface area contributed by atoms with Gasteiger partial charge in [-0.15, -0.1) is 11.6 Å². The molecule has 1 N–H and O–H groups in total. The molecule has 0 atom stereocenters. The Balaban J connectivity index is 3.35. The van der Waals surface area contributed by atoms with Crippen molar-refractivity contribution in [3.8, 4) is 0 Å². The molecule has 0 spiro atoms. The number of halogens is 1. The van der Waals surface area contributed by atoms with Gasteiger partial charge >= 0.3 is 11.2 Å². The van der Waals surface area contributed by atoms with Gasteiger partial charge in [-0.05, 0) is 6.92 Å². The first kappa shape index (κ1) is 11.5. The maximum Gasteiger partial charge on any atom is 0.337 e. The zero-order valence-electron chi connectivity index (χ0n) is 7.99. The number of hydrogen-bond acceptors (Lipinski definition) is 3. The zero-order valence-corrected chi connectivity index (χ0v) is 8.75. The van der Waals surface area contributed by atoms with Gasteiger partial charge in [-0.2, -0.15) is 0 Å². The van der Waals surface area contributed by atoms with Crippen LogP contribution in [0.2, 0.25) is 0 Å². The second kappa shape index (κ2) is 4.75. The Morgan fingerprint density at radius 2 is 2.33 bits per heavy atom. The smallest absolute Gasteiger partial charge is 0.323 e. The van der Waals surface area contributed by atoms with Gasteiger partial charge in [0.05, 0.1) is 4.92 Å². The van der Waals surface area contributed by atoms with Crippen LogP contribution in [0.5, 0.6) is 0 Å². The second-order valence-electron chi connectivity index (χ2n) is 2.86. The van der Waals surface area contributed by atoms with Crippen LogP contribution in [0.4, 0.5) is 5.69 Å². The molecule has 1 heterocycles. The number of alkyl halides is 1. The minimum atomic E-state index is -0.694. The highest BCUT2D eigenvalue weighted by molar-refractivity contribution is 6.19. The predicted octanol–water partition coefficient (Wildman–Crippen LogP) is 1.84. The summed E-state index contributed by atoms with van der Waals surface area (Å²) in [5.74, 6) is 0.312. The third kappa shape index (κ3) is 2.44. The van der Waals surface area contributed by atoms with Gasteiger partial charge in [0.15, 0.2) is 0 Å². The first-order valence-corrected chi connectivity index (χ1v) is 4.70. The molecule has 0 radical (unpaired) electrons. The number of rotatable bonds is 3. The van der Waals surface area contributed by atoms with Crippen LogP contribution >= 0.6 is 11.6 Å². The summed E-state index contributed by atoms with van der Waals surface area (Å²) in [7, 11) is 0. The van der Waals surface area contributed by atoms with Crippen LogP contribution in [0.15, 0.2) is 17.1 Å². The molecular weight excluding hydrogens is 220 g/mol. The molecule has 0 bridgehead atoms. The van der Waals surface area contributed by atoms with Crippen molar-refractivity contribution >= 4 is 23.4 Å². The van der Waals surface area contributed by atoms with E-state index in [9.17, 15) is 14.9 Å². The van der Waals surface area contributed by atoms with E-state index in [4.69, 9.17) is 11.6 Å². The van der Waals surface area contributed by atoms with Gasteiger partial charge in [-0.3, -0.25) is 14.9 Å². The van der Waals surface area contributed by atoms with Crippen LogP contribution in [0.3, 0.4) is 0 Å². The summed E-state index contributed by atoms with van der Waals surface area (Å²) in [6, 6.07) is 0. The molecule has 0 fully saturated rings. The lowest BCUT2D eigenvalue weighted by molar-refractivity contribution is -0.386. The minimum absolute atomic E-state index is 0.312. The lowest BCUT2D eigenvalue weighted by Crippen LogP contribution is -2.13. The number of pyridine rings is 1. The van der Waals surface area contributed by atoms with Gasteiger partial charge in [0.2, 0.25) is 0 Å². The van der Waals surface area contributed by atoms with E-state index in [0.717, 1.165) is 0 Å². The van der Waals surface area contributed by atoms with Crippen LogP contribution in [0, 0.1) is 17.0 Å². The largest absolute Gasteiger partial charge is 0.337 e. The Kier molecular flexibility index (Phi) is 3.62. The van der Waals surface area contributed by atoms with Gasteiger partial charge in [0.1, 0.15) is 0 Å². The topological polar surface area (TPSA) is 76.0 Å². The number of nitro groups is 1. The van der Waals surface area contributed by atoms with Crippen LogP contribution in [-0.2, 0) is 0 Å². The van der Waals surface area contributed by atoms with Crippen molar-refractivity contribution in [3.63, 3.8) is 0 Å². The normalized spacial score (nSPS) is 10.8. The number of nitrogens with one attached hydrogen (secondary N) is 1. The fraction of sp³-hybridized carbons (Fsp3) is 0.222. The summed E-state index contributed by atoms with van der Waals surface area (Å²) in [6.07, 6.45) is 4.70. The molecular formula is C9H9ClN2O3. The molecule has 0 aromatic carbocycles. The highest BCUT2D eigenvalue weighted by Crippen LogP contribution is 2.16. The summed E-state index contributed by atoms with van der Waals surface area (Å²) in [5, 5.41) is 10.6. The molecule has 0 aliphatic carbocycles. The summed E-state index contributed by atoms with van der Waals surface area (Å²) in [6.45, 7) is 1.53. The Morgan fingerprint density at radius 1 is 1.67 bits per heavy atom. The Bertz CT molecular complexity index is 465. The highest BCUT2D eigenvalue weighted by Gasteiger charge is 2.17. The average Bonchev–Trinajstić information content (AvgIpc) is 2.16. The molecule has 0 unspecified atom stereocenters. The average molecular weight is 229 g/mol. The fourth-order valence-electron chi connectivity index (χ4n) is 1.19. The molecule has 80 valence electrons. The maximum atomic E-state index is 11.2. The zero-order chi connectivity index (χ0) is 11.4. The van der Waals surface area contributed by atoms with Crippen LogP contribution in [0.25, 0.3) is 6.08 Å². The second-order valence-corrected chi connectivity index (χ2v) is 3.17. The molecule has 6 heteroatoms. The summed E-state index contributed by atoms with van der Waals surface area (Å²) >= 11 is 5.44. The summed E-state index contributed by atoms with van der Waals surface area (Å²) in [4.78, 5) is 23.4. The first-order chi connectivity index (χ1) is 7.07. The number of aromatic nitrogens is 1. The van der Waals surface area contributed by atoms with Gasteiger partial charge in [-0.1, -0.05) is 12.2 Å². The van der Waals surface area contributed by atoms with E-state index in [2.05, 4.69) is 4.98 Å². The summed E-state index contributed by atoms with van der Waals surface area (Å²) in [5.41, 5.74) is -0.195. The highest BCUT2D eigenvalue weighted by atomic mass is 35.5. The quantitative estimate of drug-likeness (QED) is 0.487. The molecule has 0 amide bonds. The van der Waals surface area contributed by atoms with Crippen molar-refractivity contribution in [3.05, 3.63) is 43.9 Å². The van der Waals surface area contributed by atoms with Crippen molar-refractivity contribution in [2.45, 2.75) is 6.92 Å². The molecule has 1 aromatic rings. The van der Waals surface area contributed by atoms with Crippen molar-refractivity contribution in [1.82, 2.24) is 4.98 Å². The molecule has 0 aliphatic heterocycles. The van der Waals surface area contributed by atoms with Gasteiger partial charge in [0, 0.05) is 23.2 Å². The molecule has 1 aromatic heterocycles. The number of H-pyrrole nitrogens is 1. The Hall–Kier alpha value is -1.62. The molecule has 15 heavy (non-hydrogen) atoms. The third-order valence-electron chi connectivity index (χ3n) is 1.93. The molecule has 0 saturated heterocycles. The van der Waals surface area contributed by atoms with Gasteiger partial charge < -0.3 is 4.98 Å². The molecule has 1 rings (SSSR count).